The van der Waals surface area contributed by atoms with Gasteiger partial charge in [-0.05, 0) is 41.4 Å². The SMILES string of the molecule is CC(C)(C#N)c1cccc(O)c1Br. The molecule has 0 saturated carbocycles. The lowest BCUT2D eigenvalue weighted by Crippen LogP contribution is -2.14. The van der Waals surface area contributed by atoms with Gasteiger partial charge in [0.1, 0.15) is 5.75 Å². The Balaban J connectivity index is 3.33. The lowest BCUT2D eigenvalue weighted by Gasteiger charge is -2.17. The first kappa shape index (κ1) is 10.1. The molecule has 1 N–H and O–H groups in total. The minimum absolute atomic E-state index is 0.167. The molecule has 0 amide bonds. The largest absolute Gasteiger partial charge is 0.507 e. The Morgan fingerprint density at radius 3 is 2.62 bits per heavy atom. The van der Waals surface area contributed by atoms with Crippen LogP contribution in [0.1, 0.15) is 19.4 Å². The van der Waals surface area contributed by atoms with Crippen LogP contribution in [0.4, 0.5) is 0 Å². The van der Waals surface area contributed by atoms with Crippen molar-refractivity contribution in [2.24, 2.45) is 0 Å². The van der Waals surface area contributed by atoms with E-state index in [-0.39, 0.29) is 5.75 Å². The number of nitrogens with zero attached hydrogens (tertiary/aromatic N) is 1. The molecule has 3 heteroatoms. The molecule has 1 rings (SSSR count). The Kier molecular flexibility index (Phi) is 2.63. The molecular weight excluding hydrogens is 230 g/mol. The average Bonchev–Trinajstić information content (AvgIpc) is 2.09. The zero-order valence-corrected chi connectivity index (χ0v) is 9.09. The number of phenolic OH excluding ortho intramolecular Hbond substituents is 1. The summed E-state index contributed by atoms with van der Waals surface area (Å²) in [6.45, 7) is 3.62. The van der Waals surface area contributed by atoms with Gasteiger partial charge in [-0.3, -0.25) is 0 Å². The number of nitriles is 1. The molecule has 0 bridgehead atoms. The van der Waals surface area contributed by atoms with Crippen LogP contribution >= 0.6 is 15.9 Å². The Labute approximate surface area is 85.9 Å². The number of halogens is 1. The van der Waals surface area contributed by atoms with E-state index in [2.05, 4.69) is 22.0 Å². The third-order valence-corrected chi connectivity index (χ3v) is 2.76. The molecule has 0 radical (unpaired) electrons. The van der Waals surface area contributed by atoms with Crippen LogP contribution in [0, 0.1) is 11.3 Å². The molecule has 0 aliphatic carbocycles. The van der Waals surface area contributed by atoms with E-state index < -0.39 is 5.41 Å². The van der Waals surface area contributed by atoms with Crippen molar-refractivity contribution in [1.82, 2.24) is 0 Å². The molecule has 2 nitrogen and oxygen atoms in total. The molecule has 0 spiro atoms. The third kappa shape index (κ3) is 1.84. The highest BCUT2D eigenvalue weighted by Gasteiger charge is 2.23. The molecule has 68 valence electrons. The van der Waals surface area contributed by atoms with Gasteiger partial charge in [-0.1, -0.05) is 12.1 Å². The highest BCUT2D eigenvalue weighted by molar-refractivity contribution is 9.10. The van der Waals surface area contributed by atoms with Crippen LogP contribution in [0.15, 0.2) is 22.7 Å². The maximum atomic E-state index is 9.40. The van der Waals surface area contributed by atoms with Crippen molar-refractivity contribution in [1.29, 1.82) is 5.26 Å². The standard InChI is InChI=1S/C10H10BrNO/c1-10(2,6-12)7-4-3-5-8(13)9(7)11/h3-5,13H,1-2H3. The van der Waals surface area contributed by atoms with E-state index in [0.717, 1.165) is 5.56 Å². The molecule has 0 unspecified atom stereocenters. The Morgan fingerprint density at radius 1 is 1.46 bits per heavy atom. The van der Waals surface area contributed by atoms with Gasteiger partial charge in [0.15, 0.2) is 0 Å². The molecule has 0 aliphatic heterocycles. The van der Waals surface area contributed by atoms with Crippen molar-refractivity contribution < 1.29 is 5.11 Å². The van der Waals surface area contributed by atoms with Gasteiger partial charge in [0.05, 0.1) is 16.0 Å². The van der Waals surface area contributed by atoms with Crippen LogP contribution in [-0.2, 0) is 5.41 Å². The maximum absolute atomic E-state index is 9.40. The summed E-state index contributed by atoms with van der Waals surface area (Å²) in [5.41, 5.74) is 0.215. The Hall–Kier alpha value is -1.01. The first-order chi connectivity index (χ1) is 5.99. The van der Waals surface area contributed by atoms with Gasteiger partial charge in [-0.15, -0.1) is 0 Å². The molecule has 1 aromatic carbocycles. The minimum atomic E-state index is -0.586. The number of rotatable bonds is 1. The summed E-state index contributed by atoms with van der Waals surface area (Å²) in [4.78, 5) is 0. The summed E-state index contributed by atoms with van der Waals surface area (Å²) in [6, 6.07) is 7.33. The summed E-state index contributed by atoms with van der Waals surface area (Å²) in [5.74, 6) is 0.167. The Bertz CT molecular complexity index is 366. The quantitative estimate of drug-likeness (QED) is 0.820. The first-order valence-electron chi connectivity index (χ1n) is 3.88. The predicted molar refractivity (Wildman–Crippen MR) is 54.4 cm³/mol. The van der Waals surface area contributed by atoms with Gasteiger partial charge in [0.2, 0.25) is 0 Å². The van der Waals surface area contributed by atoms with E-state index in [9.17, 15) is 5.11 Å². The van der Waals surface area contributed by atoms with Gasteiger partial charge >= 0.3 is 0 Å². The first-order valence-corrected chi connectivity index (χ1v) is 4.67. The minimum Gasteiger partial charge on any atom is -0.507 e. The summed E-state index contributed by atoms with van der Waals surface area (Å²) in [6.07, 6.45) is 0. The summed E-state index contributed by atoms with van der Waals surface area (Å²) < 4.78 is 0.599. The molecule has 0 aromatic heterocycles. The van der Waals surface area contributed by atoms with Crippen molar-refractivity contribution in [2.75, 3.05) is 0 Å². The lowest BCUT2D eigenvalue weighted by molar-refractivity contribution is 0.469. The van der Waals surface area contributed by atoms with Gasteiger partial charge in [0.25, 0.3) is 0 Å². The van der Waals surface area contributed by atoms with Crippen LogP contribution in [0.3, 0.4) is 0 Å². The van der Waals surface area contributed by atoms with Crippen molar-refractivity contribution >= 4 is 15.9 Å². The molecule has 1 aromatic rings. The summed E-state index contributed by atoms with van der Waals surface area (Å²) >= 11 is 3.26. The number of phenols is 1. The van der Waals surface area contributed by atoms with Gasteiger partial charge in [-0.25, -0.2) is 0 Å². The highest BCUT2D eigenvalue weighted by atomic mass is 79.9. The second-order valence-corrected chi connectivity index (χ2v) is 4.17. The Morgan fingerprint density at radius 2 is 2.08 bits per heavy atom. The number of benzene rings is 1. The average molecular weight is 240 g/mol. The predicted octanol–water partition coefficient (Wildman–Crippen LogP) is 2.96. The molecule has 0 atom stereocenters. The van der Waals surface area contributed by atoms with Gasteiger partial charge in [0, 0.05) is 0 Å². The molecular formula is C10H10BrNO. The van der Waals surface area contributed by atoms with Gasteiger partial charge in [-0.2, -0.15) is 5.26 Å². The van der Waals surface area contributed by atoms with E-state index in [1.165, 1.54) is 0 Å². The van der Waals surface area contributed by atoms with Crippen molar-refractivity contribution in [2.45, 2.75) is 19.3 Å². The fourth-order valence-electron chi connectivity index (χ4n) is 1.06. The fourth-order valence-corrected chi connectivity index (χ4v) is 1.82. The van der Waals surface area contributed by atoms with Crippen LogP contribution in [0.5, 0.6) is 5.75 Å². The van der Waals surface area contributed by atoms with E-state index in [1.54, 1.807) is 12.1 Å². The molecule has 0 saturated heterocycles. The smallest absolute Gasteiger partial charge is 0.130 e. The highest BCUT2D eigenvalue weighted by Crippen LogP contribution is 2.34. The molecule has 13 heavy (non-hydrogen) atoms. The second kappa shape index (κ2) is 3.39. The molecule has 0 fully saturated rings. The fraction of sp³-hybridized carbons (Fsp3) is 0.300. The van der Waals surface area contributed by atoms with Crippen LogP contribution in [0.2, 0.25) is 0 Å². The summed E-state index contributed by atoms with van der Waals surface area (Å²) in [5, 5.41) is 18.3. The number of aromatic hydroxyl groups is 1. The van der Waals surface area contributed by atoms with Crippen molar-refractivity contribution in [3.05, 3.63) is 28.2 Å². The second-order valence-electron chi connectivity index (χ2n) is 3.38. The third-order valence-electron chi connectivity index (χ3n) is 1.93. The van der Waals surface area contributed by atoms with Crippen LogP contribution in [-0.4, -0.2) is 5.11 Å². The summed E-state index contributed by atoms with van der Waals surface area (Å²) in [7, 11) is 0. The number of hydrogen-bond acceptors (Lipinski definition) is 2. The lowest BCUT2D eigenvalue weighted by atomic mass is 9.86. The molecule has 0 heterocycles. The molecule has 0 aliphatic rings. The van der Waals surface area contributed by atoms with Crippen molar-refractivity contribution in [3.63, 3.8) is 0 Å². The normalized spacial score (nSPS) is 10.9. The van der Waals surface area contributed by atoms with Crippen LogP contribution in [0.25, 0.3) is 0 Å². The van der Waals surface area contributed by atoms with Gasteiger partial charge < -0.3 is 5.11 Å². The van der Waals surface area contributed by atoms with Crippen LogP contribution < -0.4 is 0 Å². The topological polar surface area (TPSA) is 44.0 Å². The zero-order valence-electron chi connectivity index (χ0n) is 7.50. The van der Waals surface area contributed by atoms with E-state index in [1.807, 2.05) is 19.9 Å². The monoisotopic (exact) mass is 239 g/mol. The van der Waals surface area contributed by atoms with E-state index in [0.29, 0.717) is 4.47 Å². The zero-order chi connectivity index (χ0) is 10.1. The maximum Gasteiger partial charge on any atom is 0.130 e. The van der Waals surface area contributed by atoms with Crippen molar-refractivity contribution in [3.8, 4) is 11.8 Å². The number of hydrogen-bond donors (Lipinski definition) is 1. The van der Waals surface area contributed by atoms with E-state index in [4.69, 9.17) is 5.26 Å². The van der Waals surface area contributed by atoms with E-state index >= 15 is 0 Å².